The number of allylic oxidation sites excluding steroid dienone is 1. The first-order valence-electron chi connectivity index (χ1n) is 14.2. The number of aryl methyl sites for hydroxylation is 1. The number of anilines is 2. The summed E-state index contributed by atoms with van der Waals surface area (Å²) < 4.78 is 4.37. The van der Waals surface area contributed by atoms with Gasteiger partial charge in [0.25, 0.3) is 11.5 Å². The third kappa shape index (κ3) is 5.42. The van der Waals surface area contributed by atoms with Crippen LogP contribution in [0.25, 0.3) is 11.8 Å². The monoisotopic (exact) mass is 621 g/mol. The molecule has 0 saturated heterocycles. The summed E-state index contributed by atoms with van der Waals surface area (Å²) in [6.45, 7) is 5.94. The number of hydrogen-bond acceptors (Lipinski definition) is 5. The maximum Gasteiger partial charge on any atom is 0.271 e. The Morgan fingerprint density at radius 2 is 1.66 bits per heavy atom. The Morgan fingerprint density at radius 3 is 2.32 bits per heavy atom. The van der Waals surface area contributed by atoms with E-state index in [0.717, 1.165) is 33.9 Å². The van der Waals surface area contributed by atoms with Crippen molar-refractivity contribution in [3.8, 4) is 5.69 Å². The summed E-state index contributed by atoms with van der Waals surface area (Å²) in [6.07, 6.45) is 1.93. The Morgan fingerprint density at radius 1 is 0.977 bits per heavy atom. The number of benzene rings is 3. The average molecular weight is 622 g/mol. The van der Waals surface area contributed by atoms with Gasteiger partial charge in [-0.3, -0.25) is 14.2 Å². The van der Waals surface area contributed by atoms with Crippen LogP contribution in [0.3, 0.4) is 0 Å². The van der Waals surface area contributed by atoms with Crippen LogP contribution >= 0.6 is 22.9 Å². The smallest absolute Gasteiger partial charge is 0.271 e. The van der Waals surface area contributed by atoms with Crippen LogP contribution in [0.2, 0.25) is 5.02 Å². The van der Waals surface area contributed by atoms with E-state index in [9.17, 15) is 9.59 Å². The van der Waals surface area contributed by atoms with Crippen LogP contribution in [0.1, 0.15) is 35.5 Å². The molecule has 222 valence electrons. The highest BCUT2D eigenvalue weighted by atomic mass is 35.5. The number of carbonyl (C=O) groups excluding carboxylic acids is 1. The molecule has 5 aromatic rings. The summed E-state index contributed by atoms with van der Waals surface area (Å²) in [7, 11) is 4.04. The molecule has 3 heterocycles. The molecule has 0 fully saturated rings. The molecular weight excluding hydrogens is 590 g/mol. The minimum absolute atomic E-state index is 0.202. The number of amides is 1. The number of nitrogens with one attached hydrogen (secondary N) is 1. The molecule has 9 heteroatoms. The molecule has 0 bridgehead atoms. The predicted molar refractivity (Wildman–Crippen MR) is 180 cm³/mol. The maximum absolute atomic E-state index is 14.2. The summed E-state index contributed by atoms with van der Waals surface area (Å²) in [5, 5.41) is 3.56. The highest BCUT2D eigenvalue weighted by molar-refractivity contribution is 7.07. The van der Waals surface area contributed by atoms with E-state index in [2.05, 4.69) is 59.0 Å². The van der Waals surface area contributed by atoms with E-state index in [1.165, 1.54) is 11.3 Å². The molecule has 1 aliphatic rings. The first-order chi connectivity index (χ1) is 21.1. The number of halogens is 1. The Balaban J connectivity index is 1.46. The van der Waals surface area contributed by atoms with Crippen molar-refractivity contribution in [3.63, 3.8) is 0 Å². The van der Waals surface area contributed by atoms with E-state index in [1.54, 1.807) is 16.7 Å². The minimum Gasteiger partial charge on any atom is -0.378 e. The number of carbonyl (C=O) groups is 1. The molecular formula is C35H32ClN5O2S. The van der Waals surface area contributed by atoms with Gasteiger partial charge >= 0.3 is 0 Å². The van der Waals surface area contributed by atoms with Crippen LogP contribution in [-0.2, 0) is 4.79 Å². The van der Waals surface area contributed by atoms with Gasteiger partial charge in [0.1, 0.15) is 0 Å². The second-order valence-electron chi connectivity index (χ2n) is 11.0. The van der Waals surface area contributed by atoms with Crippen molar-refractivity contribution < 1.29 is 4.79 Å². The molecule has 0 aliphatic carbocycles. The van der Waals surface area contributed by atoms with Crippen molar-refractivity contribution in [2.45, 2.75) is 26.8 Å². The topological polar surface area (TPSA) is 71.6 Å². The van der Waals surface area contributed by atoms with Gasteiger partial charge in [-0.05, 0) is 92.6 Å². The Labute approximate surface area is 264 Å². The van der Waals surface area contributed by atoms with E-state index in [1.807, 2.05) is 69.6 Å². The van der Waals surface area contributed by atoms with Crippen molar-refractivity contribution in [1.29, 1.82) is 0 Å². The number of rotatable bonds is 6. The third-order valence-electron chi connectivity index (χ3n) is 7.86. The number of para-hydroxylation sites is 1. The normalized spacial score (nSPS) is 14.8. The molecule has 1 amide bonds. The summed E-state index contributed by atoms with van der Waals surface area (Å²) in [6, 6.07) is 26.3. The Kier molecular flexibility index (Phi) is 7.88. The summed E-state index contributed by atoms with van der Waals surface area (Å²) >= 11 is 7.55. The lowest BCUT2D eigenvalue weighted by molar-refractivity contribution is -0.113. The van der Waals surface area contributed by atoms with Crippen LogP contribution in [0.5, 0.6) is 0 Å². The fraction of sp³-hybridized carbons (Fsp3) is 0.171. The van der Waals surface area contributed by atoms with Crippen molar-refractivity contribution >= 4 is 46.3 Å². The number of thiazole rings is 1. The van der Waals surface area contributed by atoms with E-state index >= 15 is 0 Å². The van der Waals surface area contributed by atoms with Crippen molar-refractivity contribution in [1.82, 2.24) is 9.13 Å². The lowest BCUT2D eigenvalue weighted by Gasteiger charge is -2.25. The molecule has 1 N–H and O–H groups in total. The van der Waals surface area contributed by atoms with E-state index in [4.69, 9.17) is 16.6 Å². The fourth-order valence-electron chi connectivity index (χ4n) is 5.66. The zero-order chi connectivity index (χ0) is 31.1. The molecule has 0 saturated carbocycles. The standard InChI is InChI=1S/C35H32ClN5O2S/c1-21-19-25(23(3)40(21)29-17-15-28(16-18-29)39(4)5)20-30-34(43)41-32(24-11-13-26(36)14-12-24)31(22(2)37-35(41)44-30)33(42)38-27-9-7-6-8-10-27/h6-20,32H,1-5H3,(H,38,42)/b30-20+/t32-/m0/s1. The van der Waals surface area contributed by atoms with Gasteiger partial charge in [0.2, 0.25) is 0 Å². The lowest BCUT2D eigenvalue weighted by atomic mass is 9.95. The molecule has 44 heavy (non-hydrogen) atoms. The van der Waals surface area contributed by atoms with Gasteiger partial charge in [-0.25, -0.2) is 4.99 Å². The minimum atomic E-state index is -0.669. The van der Waals surface area contributed by atoms with Crippen LogP contribution in [0, 0.1) is 13.8 Å². The second kappa shape index (κ2) is 11.8. The molecule has 6 rings (SSSR count). The number of nitrogens with zero attached hydrogens (tertiary/aromatic N) is 4. The quantitative estimate of drug-likeness (QED) is 0.253. The first-order valence-corrected chi connectivity index (χ1v) is 15.4. The number of hydrogen-bond donors (Lipinski definition) is 1. The fourth-order valence-corrected chi connectivity index (χ4v) is 6.83. The van der Waals surface area contributed by atoms with Crippen LogP contribution < -0.4 is 25.1 Å². The zero-order valence-corrected chi connectivity index (χ0v) is 26.7. The summed E-state index contributed by atoms with van der Waals surface area (Å²) in [5.74, 6) is -0.310. The van der Waals surface area contributed by atoms with Crippen molar-refractivity contribution in [2.75, 3.05) is 24.3 Å². The van der Waals surface area contributed by atoms with Gasteiger partial charge in [-0.2, -0.15) is 0 Å². The molecule has 7 nitrogen and oxygen atoms in total. The van der Waals surface area contributed by atoms with Gasteiger partial charge in [0.05, 0.1) is 21.8 Å². The Bertz CT molecular complexity index is 2090. The van der Waals surface area contributed by atoms with Gasteiger partial charge < -0.3 is 14.8 Å². The second-order valence-corrected chi connectivity index (χ2v) is 12.5. The van der Waals surface area contributed by atoms with Crippen LogP contribution in [-0.4, -0.2) is 29.1 Å². The highest BCUT2D eigenvalue weighted by Crippen LogP contribution is 2.31. The van der Waals surface area contributed by atoms with Crippen molar-refractivity contribution in [2.24, 2.45) is 4.99 Å². The molecule has 0 spiro atoms. The van der Waals surface area contributed by atoms with Crippen LogP contribution in [0.4, 0.5) is 11.4 Å². The predicted octanol–water partition coefficient (Wildman–Crippen LogP) is 6.00. The lowest BCUT2D eigenvalue weighted by Crippen LogP contribution is -2.40. The zero-order valence-electron chi connectivity index (χ0n) is 25.1. The number of aromatic nitrogens is 2. The van der Waals surface area contributed by atoms with E-state index < -0.39 is 6.04 Å². The molecule has 0 radical (unpaired) electrons. The first kappa shape index (κ1) is 29.4. The molecule has 1 aliphatic heterocycles. The SMILES string of the molecule is CC1=C(C(=O)Nc2ccccc2)[C@H](c2ccc(Cl)cc2)n2c(s/c(=C/c3cc(C)n(-c4ccc(N(C)C)cc4)c3C)c2=O)=N1. The third-order valence-corrected chi connectivity index (χ3v) is 9.10. The molecule has 1 atom stereocenters. The number of fused-ring (bicyclic) bond motifs is 1. The maximum atomic E-state index is 14.2. The van der Waals surface area contributed by atoms with Gasteiger partial charge in [0, 0.05) is 47.6 Å². The molecule has 0 unspecified atom stereocenters. The van der Waals surface area contributed by atoms with Crippen LogP contribution in [0.15, 0.2) is 106 Å². The van der Waals surface area contributed by atoms with Gasteiger partial charge in [-0.1, -0.05) is 53.3 Å². The van der Waals surface area contributed by atoms with Gasteiger partial charge in [0.15, 0.2) is 4.80 Å². The van der Waals surface area contributed by atoms with Gasteiger partial charge in [-0.15, -0.1) is 0 Å². The molecule has 2 aromatic heterocycles. The highest BCUT2D eigenvalue weighted by Gasteiger charge is 2.32. The van der Waals surface area contributed by atoms with Crippen molar-refractivity contribution in [3.05, 3.63) is 143 Å². The Hall–Kier alpha value is -4.66. The van der Waals surface area contributed by atoms with E-state index in [-0.39, 0.29) is 11.5 Å². The summed E-state index contributed by atoms with van der Waals surface area (Å²) in [5.41, 5.74) is 7.43. The average Bonchev–Trinajstić information content (AvgIpc) is 3.46. The van der Waals surface area contributed by atoms with E-state index in [0.29, 0.717) is 31.3 Å². The largest absolute Gasteiger partial charge is 0.378 e. The molecule has 3 aromatic carbocycles. The summed E-state index contributed by atoms with van der Waals surface area (Å²) in [4.78, 5) is 35.3.